The van der Waals surface area contributed by atoms with Crippen molar-refractivity contribution in [2.24, 2.45) is 0 Å². The van der Waals surface area contributed by atoms with Crippen molar-refractivity contribution in [3.05, 3.63) is 35.4 Å². The number of carbonyl (C=O) groups excluding carboxylic acids is 1. The number of amides is 1. The Kier molecular flexibility index (Phi) is 5.60. The first-order valence-corrected chi connectivity index (χ1v) is 7.74. The van der Waals surface area contributed by atoms with Gasteiger partial charge in [0.2, 0.25) is 5.91 Å². The zero-order valence-electron chi connectivity index (χ0n) is 12.7. The highest BCUT2D eigenvalue weighted by Gasteiger charge is 2.15. The van der Waals surface area contributed by atoms with Crippen molar-refractivity contribution in [3.8, 4) is 0 Å². The van der Waals surface area contributed by atoms with Crippen LogP contribution in [-0.2, 0) is 11.2 Å². The fourth-order valence-corrected chi connectivity index (χ4v) is 2.59. The molecule has 1 amide bonds. The molecule has 2 rings (SSSR count). The Balaban J connectivity index is 1.73. The predicted octanol–water partition coefficient (Wildman–Crippen LogP) is 2.56. The van der Waals surface area contributed by atoms with E-state index < -0.39 is 0 Å². The Bertz CT molecular complexity index is 419. The summed E-state index contributed by atoms with van der Waals surface area (Å²) in [6.07, 6.45) is 2.62. The number of carbonyl (C=O) groups is 1. The van der Waals surface area contributed by atoms with E-state index in [0.717, 1.165) is 39.0 Å². The Morgan fingerprint density at radius 1 is 1.20 bits per heavy atom. The van der Waals surface area contributed by atoms with Gasteiger partial charge in [-0.15, -0.1) is 0 Å². The van der Waals surface area contributed by atoms with Gasteiger partial charge in [-0.25, -0.2) is 0 Å². The molecule has 1 aliphatic heterocycles. The average molecular weight is 274 g/mol. The van der Waals surface area contributed by atoms with Crippen LogP contribution in [0.1, 0.15) is 43.7 Å². The number of nitrogens with one attached hydrogen (secondary N) is 1. The molecule has 1 heterocycles. The number of aryl methyl sites for hydroxylation is 1. The summed E-state index contributed by atoms with van der Waals surface area (Å²) in [7, 11) is 0. The van der Waals surface area contributed by atoms with E-state index in [1.165, 1.54) is 11.1 Å². The molecule has 0 atom stereocenters. The number of nitrogens with zero attached hydrogens (tertiary/aromatic N) is 1. The molecule has 3 nitrogen and oxygen atoms in total. The first-order valence-electron chi connectivity index (χ1n) is 7.74. The van der Waals surface area contributed by atoms with Crippen LogP contribution in [0.2, 0.25) is 0 Å². The van der Waals surface area contributed by atoms with Gasteiger partial charge in [-0.2, -0.15) is 0 Å². The van der Waals surface area contributed by atoms with E-state index in [0.29, 0.717) is 18.2 Å². The van der Waals surface area contributed by atoms with E-state index in [-0.39, 0.29) is 0 Å². The van der Waals surface area contributed by atoms with Crippen molar-refractivity contribution >= 4 is 5.91 Å². The third kappa shape index (κ3) is 4.34. The zero-order valence-corrected chi connectivity index (χ0v) is 12.7. The fraction of sp³-hybridized carbons (Fsp3) is 0.588. The van der Waals surface area contributed by atoms with Gasteiger partial charge in [0.15, 0.2) is 0 Å². The molecule has 0 saturated carbocycles. The van der Waals surface area contributed by atoms with Crippen molar-refractivity contribution in [3.63, 3.8) is 0 Å². The van der Waals surface area contributed by atoms with Crippen LogP contribution in [0.15, 0.2) is 24.3 Å². The zero-order chi connectivity index (χ0) is 14.4. The van der Waals surface area contributed by atoms with Gasteiger partial charge in [-0.1, -0.05) is 38.1 Å². The van der Waals surface area contributed by atoms with Crippen molar-refractivity contribution in [2.45, 2.75) is 39.0 Å². The van der Waals surface area contributed by atoms with Gasteiger partial charge >= 0.3 is 0 Å². The topological polar surface area (TPSA) is 32.3 Å². The first-order chi connectivity index (χ1) is 9.66. The van der Waals surface area contributed by atoms with Gasteiger partial charge in [0.05, 0.1) is 0 Å². The molecule has 1 aromatic rings. The van der Waals surface area contributed by atoms with E-state index in [1.807, 2.05) is 4.90 Å². The second kappa shape index (κ2) is 7.44. The highest BCUT2D eigenvalue weighted by Crippen LogP contribution is 2.16. The lowest BCUT2D eigenvalue weighted by atomic mass is 10.00. The van der Waals surface area contributed by atoms with Gasteiger partial charge in [0, 0.05) is 32.6 Å². The van der Waals surface area contributed by atoms with Crippen LogP contribution in [0.4, 0.5) is 0 Å². The lowest BCUT2D eigenvalue weighted by Gasteiger charge is -2.27. The summed E-state index contributed by atoms with van der Waals surface area (Å²) in [6, 6.07) is 8.81. The maximum absolute atomic E-state index is 12.0. The molecule has 0 radical (unpaired) electrons. The molecule has 1 N–H and O–H groups in total. The minimum Gasteiger partial charge on any atom is -0.340 e. The number of hydrogen-bond acceptors (Lipinski definition) is 2. The molecule has 0 aliphatic carbocycles. The van der Waals surface area contributed by atoms with Crippen molar-refractivity contribution < 1.29 is 4.79 Å². The van der Waals surface area contributed by atoms with Crippen LogP contribution in [0, 0.1) is 0 Å². The summed E-state index contributed by atoms with van der Waals surface area (Å²) in [6.45, 7) is 8.01. The molecular formula is C17H26N2O. The molecule has 1 saturated heterocycles. The van der Waals surface area contributed by atoms with E-state index in [1.54, 1.807) is 0 Å². The Hall–Kier alpha value is -1.35. The van der Waals surface area contributed by atoms with Crippen LogP contribution in [0.5, 0.6) is 0 Å². The Morgan fingerprint density at radius 2 is 1.85 bits per heavy atom. The van der Waals surface area contributed by atoms with Crippen LogP contribution >= 0.6 is 0 Å². The van der Waals surface area contributed by atoms with E-state index >= 15 is 0 Å². The van der Waals surface area contributed by atoms with Crippen LogP contribution < -0.4 is 5.32 Å². The third-order valence-corrected chi connectivity index (χ3v) is 3.97. The largest absolute Gasteiger partial charge is 0.340 e. The summed E-state index contributed by atoms with van der Waals surface area (Å²) >= 11 is 0. The monoisotopic (exact) mass is 274 g/mol. The number of rotatable bonds is 5. The van der Waals surface area contributed by atoms with E-state index in [4.69, 9.17) is 0 Å². The second-order valence-corrected chi connectivity index (χ2v) is 5.88. The van der Waals surface area contributed by atoms with Gasteiger partial charge in [-0.05, 0) is 29.9 Å². The summed E-state index contributed by atoms with van der Waals surface area (Å²) in [5.74, 6) is 0.892. The molecule has 110 valence electrons. The van der Waals surface area contributed by atoms with Gasteiger partial charge in [0.25, 0.3) is 0 Å². The summed E-state index contributed by atoms with van der Waals surface area (Å²) in [5, 5.41) is 3.27. The molecule has 1 aliphatic rings. The van der Waals surface area contributed by atoms with Crippen molar-refractivity contribution in [1.82, 2.24) is 10.2 Å². The van der Waals surface area contributed by atoms with Crippen molar-refractivity contribution in [1.29, 1.82) is 0 Å². The lowest BCUT2D eigenvalue weighted by molar-refractivity contribution is -0.131. The molecular weight excluding hydrogens is 248 g/mol. The fourth-order valence-electron chi connectivity index (χ4n) is 2.59. The standard InChI is InChI=1S/C17H26N2O/c1-14(2)16-8-6-15(7-9-16)4-3-5-17(20)19-12-10-18-11-13-19/h6-9,14,18H,3-5,10-13H2,1-2H3. The Labute approximate surface area is 122 Å². The number of piperazine rings is 1. The molecule has 0 aromatic heterocycles. The molecule has 3 heteroatoms. The maximum Gasteiger partial charge on any atom is 0.222 e. The van der Waals surface area contributed by atoms with E-state index in [2.05, 4.69) is 43.4 Å². The summed E-state index contributed by atoms with van der Waals surface area (Å²) < 4.78 is 0. The second-order valence-electron chi connectivity index (χ2n) is 5.88. The lowest BCUT2D eigenvalue weighted by Crippen LogP contribution is -2.46. The van der Waals surface area contributed by atoms with E-state index in [9.17, 15) is 4.79 Å². The van der Waals surface area contributed by atoms with Crippen molar-refractivity contribution in [2.75, 3.05) is 26.2 Å². The third-order valence-electron chi connectivity index (χ3n) is 3.97. The van der Waals surface area contributed by atoms with Gasteiger partial charge in [-0.3, -0.25) is 4.79 Å². The highest BCUT2D eigenvalue weighted by atomic mass is 16.2. The van der Waals surface area contributed by atoms with Gasteiger partial charge < -0.3 is 10.2 Å². The summed E-state index contributed by atoms with van der Waals surface area (Å²) in [4.78, 5) is 14.0. The minimum absolute atomic E-state index is 0.310. The quantitative estimate of drug-likeness (QED) is 0.895. The van der Waals surface area contributed by atoms with Gasteiger partial charge in [0.1, 0.15) is 0 Å². The Morgan fingerprint density at radius 3 is 2.45 bits per heavy atom. The number of benzene rings is 1. The van der Waals surface area contributed by atoms with Crippen LogP contribution in [0.3, 0.4) is 0 Å². The SMILES string of the molecule is CC(C)c1ccc(CCCC(=O)N2CCNCC2)cc1. The molecule has 0 bridgehead atoms. The molecule has 1 fully saturated rings. The molecule has 1 aromatic carbocycles. The molecule has 20 heavy (non-hydrogen) atoms. The first kappa shape index (κ1) is 15.0. The number of hydrogen-bond donors (Lipinski definition) is 1. The van der Waals surface area contributed by atoms with Crippen LogP contribution in [-0.4, -0.2) is 37.0 Å². The molecule has 0 unspecified atom stereocenters. The molecule has 0 spiro atoms. The predicted molar refractivity (Wildman–Crippen MR) is 82.9 cm³/mol. The highest BCUT2D eigenvalue weighted by molar-refractivity contribution is 5.76. The summed E-state index contributed by atoms with van der Waals surface area (Å²) in [5.41, 5.74) is 2.72. The minimum atomic E-state index is 0.310. The van der Waals surface area contributed by atoms with Crippen LogP contribution in [0.25, 0.3) is 0 Å². The smallest absolute Gasteiger partial charge is 0.222 e. The average Bonchev–Trinajstić information content (AvgIpc) is 2.48. The normalized spacial score (nSPS) is 15.7. The maximum atomic E-state index is 12.0.